The SMILES string of the molecule is CC[C@H](C)[C@H](CO)N1C(=O)[C@@H]2[C@@H](C(=O)NC)[C@@H]3OC2(CC3Br)C1C(=O)Nc1ccc(OC)cc1. The second-order valence-electron chi connectivity index (χ2n) is 9.38. The maximum atomic E-state index is 13.9. The number of carbonyl (C=O) groups is 3. The molecule has 1 spiro atoms. The third kappa shape index (κ3) is 3.70. The predicted molar refractivity (Wildman–Crippen MR) is 129 cm³/mol. The van der Waals surface area contributed by atoms with Crippen LogP contribution in [0.2, 0.25) is 0 Å². The zero-order valence-corrected chi connectivity index (χ0v) is 21.4. The number of nitrogens with one attached hydrogen (secondary N) is 2. The van der Waals surface area contributed by atoms with E-state index in [1.165, 1.54) is 11.9 Å². The van der Waals surface area contributed by atoms with E-state index >= 15 is 0 Å². The quantitative estimate of drug-likeness (QED) is 0.433. The summed E-state index contributed by atoms with van der Waals surface area (Å²) in [6, 6.07) is 5.34. The van der Waals surface area contributed by atoms with E-state index in [-0.39, 0.29) is 29.2 Å². The summed E-state index contributed by atoms with van der Waals surface area (Å²) < 4.78 is 11.6. The zero-order chi connectivity index (χ0) is 24.8. The van der Waals surface area contributed by atoms with Crippen molar-refractivity contribution in [1.82, 2.24) is 10.2 Å². The van der Waals surface area contributed by atoms with Gasteiger partial charge in [0, 0.05) is 17.6 Å². The fourth-order valence-electron chi connectivity index (χ4n) is 5.89. The highest BCUT2D eigenvalue weighted by Crippen LogP contribution is 2.60. The number of anilines is 1. The lowest BCUT2D eigenvalue weighted by molar-refractivity contribution is -0.145. The number of amides is 3. The minimum Gasteiger partial charge on any atom is -0.497 e. The van der Waals surface area contributed by atoms with Crippen molar-refractivity contribution < 1.29 is 29.0 Å². The molecule has 0 radical (unpaired) electrons. The van der Waals surface area contributed by atoms with Gasteiger partial charge >= 0.3 is 0 Å². The monoisotopic (exact) mass is 537 g/mol. The Kier molecular flexibility index (Phi) is 6.94. The van der Waals surface area contributed by atoms with E-state index in [0.717, 1.165) is 0 Å². The van der Waals surface area contributed by atoms with Crippen LogP contribution in [0.3, 0.4) is 0 Å². The number of alkyl halides is 1. The predicted octanol–water partition coefficient (Wildman–Crippen LogP) is 1.53. The molecule has 4 rings (SSSR count). The van der Waals surface area contributed by atoms with E-state index in [4.69, 9.17) is 9.47 Å². The zero-order valence-electron chi connectivity index (χ0n) is 19.8. The van der Waals surface area contributed by atoms with Crippen molar-refractivity contribution in [2.45, 2.75) is 55.3 Å². The number of hydrogen-bond acceptors (Lipinski definition) is 6. The van der Waals surface area contributed by atoms with Crippen LogP contribution in [0.25, 0.3) is 0 Å². The van der Waals surface area contributed by atoms with Gasteiger partial charge in [0.25, 0.3) is 0 Å². The summed E-state index contributed by atoms with van der Waals surface area (Å²) in [6.07, 6.45) is 0.615. The number of carbonyl (C=O) groups excluding carboxylic acids is 3. The Balaban J connectivity index is 1.77. The Morgan fingerprint density at radius 3 is 2.56 bits per heavy atom. The van der Waals surface area contributed by atoms with Gasteiger partial charge in [0.05, 0.1) is 37.7 Å². The number of hydrogen-bond donors (Lipinski definition) is 3. The molecule has 3 heterocycles. The van der Waals surface area contributed by atoms with Crippen LogP contribution in [0.4, 0.5) is 5.69 Å². The number of halogens is 1. The fourth-order valence-corrected chi connectivity index (χ4v) is 6.83. The summed E-state index contributed by atoms with van der Waals surface area (Å²) in [7, 11) is 3.09. The van der Waals surface area contributed by atoms with E-state index in [1.54, 1.807) is 31.4 Å². The maximum Gasteiger partial charge on any atom is 0.250 e. The molecule has 3 aliphatic rings. The van der Waals surface area contributed by atoms with E-state index in [0.29, 0.717) is 24.3 Å². The summed E-state index contributed by atoms with van der Waals surface area (Å²) >= 11 is 3.63. The number of likely N-dealkylation sites (tertiary alicyclic amines) is 1. The molecule has 0 aromatic heterocycles. The first-order valence-electron chi connectivity index (χ1n) is 11.6. The van der Waals surface area contributed by atoms with Gasteiger partial charge in [-0.15, -0.1) is 0 Å². The van der Waals surface area contributed by atoms with Crippen LogP contribution in [0.1, 0.15) is 26.7 Å². The van der Waals surface area contributed by atoms with Crippen molar-refractivity contribution in [2.75, 3.05) is 26.1 Å². The summed E-state index contributed by atoms with van der Waals surface area (Å²) in [5.74, 6) is -1.92. The smallest absolute Gasteiger partial charge is 0.250 e. The summed E-state index contributed by atoms with van der Waals surface area (Å²) in [6.45, 7) is 3.63. The van der Waals surface area contributed by atoms with Crippen LogP contribution in [-0.4, -0.2) is 77.1 Å². The Hall–Kier alpha value is -2.17. The molecule has 3 N–H and O–H groups in total. The standard InChI is InChI=1S/C24H32BrN3O6/c1-5-12(2)16(11-29)28-20(22(31)27-13-6-8-14(33-4)9-7-13)24-10-15(25)19(34-24)17(21(30)26-3)18(24)23(28)32/h6-9,12,15-20,29H,5,10-11H2,1-4H3,(H,26,30)(H,27,31)/t12-,15?,16-,17+,18-,19+,20?,24?/m0/s1. The Morgan fingerprint density at radius 1 is 1.32 bits per heavy atom. The molecular weight excluding hydrogens is 506 g/mol. The number of nitrogens with zero attached hydrogens (tertiary/aromatic N) is 1. The van der Waals surface area contributed by atoms with Gasteiger partial charge in [-0.25, -0.2) is 0 Å². The van der Waals surface area contributed by atoms with Crippen LogP contribution in [0, 0.1) is 17.8 Å². The Morgan fingerprint density at radius 2 is 2.00 bits per heavy atom. The molecule has 1 aromatic carbocycles. The summed E-state index contributed by atoms with van der Waals surface area (Å²) in [5, 5.41) is 15.9. The second kappa shape index (κ2) is 9.47. The van der Waals surface area contributed by atoms with E-state index in [2.05, 4.69) is 26.6 Å². The largest absolute Gasteiger partial charge is 0.497 e. The van der Waals surface area contributed by atoms with Crippen LogP contribution >= 0.6 is 15.9 Å². The van der Waals surface area contributed by atoms with Gasteiger partial charge in [0.15, 0.2) is 0 Å². The molecular formula is C24H32BrN3O6. The number of benzene rings is 1. The molecule has 3 fully saturated rings. The molecule has 186 valence electrons. The van der Waals surface area contributed by atoms with Crippen LogP contribution in [-0.2, 0) is 19.1 Å². The number of fused-ring (bicyclic) bond motifs is 1. The van der Waals surface area contributed by atoms with Gasteiger partial charge in [-0.3, -0.25) is 14.4 Å². The van der Waals surface area contributed by atoms with Gasteiger partial charge in [0.2, 0.25) is 17.7 Å². The molecule has 10 heteroatoms. The van der Waals surface area contributed by atoms with Gasteiger partial charge in [-0.1, -0.05) is 36.2 Å². The van der Waals surface area contributed by atoms with Crippen molar-refractivity contribution in [2.24, 2.45) is 17.8 Å². The second-order valence-corrected chi connectivity index (χ2v) is 10.6. The third-order valence-corrected chi connectivity index (χ3v) is 8.57. The molecule has 2 bridgehead atoms. The van der Waals surface area contributed by atoms with Crippen LogP contribution in [0.15, 0.2) is 24.3 Å². The molecule has 9 nitrogen and oxygen atoms in total. The minimum atomic E-state index is -1.16. The highest BCUT2D eigenvalue weighted by Gasteiger charge is 2.77. The van der Waals surface area contributed by atoms with Crippen molar-refractivity contribution in [3.05, 3.63) is 24.3 Å². The van der Waals surface area contributed by atoms with Gasteiger partial charge in [0.1, 0.15) is 17.4 Å². The van der Waals surface area contributed by atoms with E-state index < -0.39 is 41.5 Å². The van der Waals surface area contributed by atoms with E-state index in [1.807, 2.05) is 13.8 Å². The Bertz CT molecular complexity index is 959. The van der Waals surface area contributed by atoms with Gasteiger partial charge in [-0.2, -0.15) is 0 Å². The molecule has 8 atom stereocenters. The van der Waals surface area contributed by atoms with Crippen molar-refractivity contribution in [1.29, 1.82) is 0 Å². The van der Waals surface area contributed by atoms with Crippen molar-refractivity contribution in [3.63, 3.8) is 0 Å². The lowest BCUT2D eigenvalue weighted by Gasteiger charge is -2.38. The molecule has 3 aliphatic heterocycles. The minimum absolute atomic E-state index is 0.0594. The first-order valence-corrected chi connectivity index (χ1v) is 12.6. The molecule has 1 aromatic rings. The molecule has 34 heavy (non-hydrogen) atoms. The lowest BCUT2D eigenvalue weighted by atomic mass is 9.70. The lowest BCUT2D eigenvalue weighted by Crippen LogP contribution is -2.57. The average molecular weight is 538 g/mol. The molecule has 3 saturated heterocycles. The van der Waals surface area contributed by atoms with Crippen LogP contribution < -0.4 is 15.4 Å². The van der Waals surface area contributed by atoms with Gasteiger partial charge < -0.3 is 30.1 Å². The number of aliphatic hydroxyl groups is 1. The number of aliphatic hydroxyl groups excluding tert-OH is 1. The molecule has 3 amide bonds. The number of ether oxygens (including phenoxy) is 2. The van der Waals surface area contributed by atoms with Crippen molar-refractivity contribution >= 4 is 39.3 Å². The summed E-state index contributed by atoms with van der Waals surface area (Å²) in [4.78, 5) is 41.9. The van der Waals surface area contributed by atoms with Crippen molar-refractivity contribution in [3.8, 4) is 5.75 Å². The topological polar surface area (TPSA) is 117 Å². The number of rotatable bonds is 8. The molecule has 3 unspecified atom stereocenters. The first kappa shape index (κ1) is 24.9. The fraction of sp³-hybridized carbons (Fsp3) is 0.625. The average Bonchev–Trinajstić information content (AvgIpc) is 3.43. The van der Waals surface area contributed by atoms with E-state index in [9.17, 15) is 19.5 Å². The third-order valence-electron chi connectivity index (χ3n) is 7.73. The Labute approximate surface area is 207 Å². The maximum absolute atomic E-state index is 13.9. The molecule has 0 aliphatic carbocycles. The number of methoxy groups -OCH3 is 1. The van der Waals surface area contributed by atoms with Crippen LogP contribution in [0.5, 0.6) is 5.75 Å². The highest BCUT2D eigenvalue weighted by atomic mass is 79.9. The summed E-state index contributed by atoms with van der Waals surface area (Å²) in [5.41, 5.74) is -0.613. The van der Waals surface area contributed by atoms with Gasteiger partial charge in [-0.05, 0) is 36.6 Å². The molecule has 0 saturated carbocycles. The first-order chi connectivity index (χ1) is 16.2. The highest BCUT2D eigenvalue weighted by molar-refractivity contribution is 9.09. The normalized spacial score (nSPS) is 33.4.